The van der Waals surface area contributed by atoms with Crippen LogP contribution >= 0.6 is 0 Å². The molecule has 5 heteroatoms. The molecule has 0 aromatic heterocycles. The van der Waals surface area contributed by atoms with Gasteiger partial charge in [0, 0.05) is 5.56 Å². The summed E-state index contributed by atoms with van der Waals surface area (Å²) < 4.78 is 5.19. The summed E-state index contributed by atoms with van der Waals surface area (Å²) in [5, 5.41) is 0. The van der Waals surface area contributed by atoms with E-state index in [0.717, 1.165) is 6.42 Å². The van der Waals surface area contributed by atoms with Crippen LogP contribution in [-0.2, 0) is 6.42 Å². The summed E-state index contributed by atoms with van der Waals surface area (Å²) >= 11 is 0. The van der Waals surface area contributed by atoms with Gasteiger partial charge in [0.15, 0.2) is 11.5 Å². The molecule has 0 unspecified atom stereocenters. The minimum absolute atomic E-state index is 0.146. The summed E-state index contributed by atoms with van der Waals surface area (Å²) in [6, 6.07) is 1.47. The normalized spacial score (nSPS) is 11.6. The number of fused-ring (bicyclic) bond motifs is 1. The SMILES string of the molecule is CCCc1c2c(cc(C(N)=O)c1C(N)=O)O2. The van der Waals surface area contributed by atoms with Crippen molar-refractivity contribution in [1.82, 2.24) is 0 Å². The fourth-order valence-corrected chi connectivity index (χ4v) is 1.83. The Bertz CT molecular complexity index is 494. The molecule has 0 aliphatic carbocycles. The number of benzene rings is 1. The van der Waals surface area contributed by atoms with Crippen LogP contribution in [0.4, 0.5) is 0 Å². The second-order valence-corrected chi connectivity index (χ2v) is 3.69. The highest BCUT2D eigenvalue weighted by Crippen LogP contribution is 2.50. The van der Waals surface area contributed by atoms with Crippen LogP contribution in [0.5, 0.6) is 11.5 Å². The van der Waals surface area contributed by atoms with Crippen molar-refractivity contribution in [3.8, 4) is 11.5 Å². The number of amides is 2. The molecule has 0 spiro atoms. The van der Waals surface area contributed by atoms with Crippen molar-refractivity contribution in [3.05, 3.63) is 22.8 Å². The van der Waals surface area contributed by atoms with Gasteiger partial charge in [-0.25, -0.2) is 0 Å². The predicted molar refractivity (Wildman–Crippen MR) is 57.5 cm³/mol. The number of hydrogen-bond donors (Lipinski definition) is 2. The van der Waals surface area contributed by atoms with E-state index in [-0.39, 0.29) is 11.1 Å². The van der Waals surface area contributed by atoms with Crippen molar-refractivity contribution in [2.24, 2.45) is 11.5 Å². The highest BCUT2D eigenvalue weighted by atomic mass is 16.6. The summed E-state index contributed by atoms with van der Waals surface area (Å²) in [6.45, 7) is 1.97. The maximum absolute atomic E-state index is 11.4. The Balaban J connectivity index is 2.64. The van der Waals surface area contributed by atoms with Gasteiger partial charge in [-0.2, -0.15) is 0 Å². The molecule has 16 heavy (non-hydrogen) atoms. The van der Waals surface area contributed by atoms with E-state index in [1.807, 2.05) is 6.92 Å². The average Bonchev–Trinajstić information content (AvgIpc) is 2.95. The summed E-state index contributed by atoms with van der Waals surface area (Å²) in [5.74, 6) is -0.0251. The van der Waals surface area contributed by atoms with E-state index in [9.17, 15) is 9.59 Å². The van der Waals surface area contributed by atoms with Crippen molar-refractivity contribution in [2.75, 3.05) is 0 Å². The van der Waals surface area contributed by atoms with E-state index in [2.05, 4.69) is 0 Å². The lowest BCUT2D eigenvalue weighted by atomic mass is 9.97. The van der Waals surface area contributed by atoms with Crippen LogP contribution in [0.1, 0.15) is 39.6 Å². The minimum Gasteiger partial charge on any atom is -0.449 e. The van der Waals surface area contributed by atoms with Gasteiger partial charge in [-0.15, -0.1) is 0 Å². The minimum atomic E-state index is -0.663. The highest BCUT2D eigenvalue weighted by molar-refractivity contribution is 6.08. The molecule has 0 bridgehead atoms. The van der Waals surface area contributed by atoms with Gasteiger partial charge in [0.25, 0.3) is 0 Å². The third-order valence-electron chi connectivity index (χ3n) is 2.53. The van der Waals surface area contributed by atoms with Crippen molar-refractivity contribution >= 4 is 11.8 Å². The lowest BCUT2D eigenvalue weighted by Crippen LogP contribution is -2.21. The van der Waals surface area contributed by atoms with Crippen molar-refractivity contribution in [3.63, 3.8) is 0 Å². The molecule has 1 aromatic rings. The maximum atomic E-state index is 11.4. The third kappa shape index (κ3) is 1.50. The van der Waals surface area contributed by atoms with Gasteiger partial charge in [0.2, 0.25) is 11.8 Å². The van der Waals surface area contributed by atoms with Gasteiger partial charge >= 0.3 is 0 Å². The van der Waals surface area contributed by atoms with Crippen LogP contribution in [-0.4, -0.2) is 11.8 Å². The molecule has 2 rings (SSSR count). The lowest BCUT2D eigenvalue weighted by Gasteiger charge is -2.06. The average molecular weight is 220 g/mol. The van der Waals surface area contributed by atoms with Gasteiger partial charge in [-0.3, -0.25) is 9.59 Å². The molecule has 1 heterocycles. The van der Waals surface area contributed by atoms with Crippen molar-refractivity contribution < 1.29 is 14.3 Å². The summed E-state index contributed by atoms with van der Waals surface area (Å²) in [7, 11) is 0. The van der Waals surface area contributed by atoms with E-state index >= 15 is 0 Å². The first-order valence-corrected chi connectivity index (χ1v) is 5.03. The van der Waals surface area contributed by atoms with Gasteiger partial charge < -0.3 is 16.2 Å². The Morgan fingerprint density at radius 1 is 1.31 bits per heavy atom. The molecule has 2 amide bonds. The Morgan fingerprint density at radius 3 is 2.50 bits per heavy atom. The zero-order valence-corrected chi connectivity index (χ0v) is 8.87. The lowest BCUT2D eigenvalue weighted by molar-refractivity contribution is 0.0966. The monoisotopic (exact) mass is 220 g/mol. The zero-order valence-electron chi connectivity index (χ0n) is 8.87. The van der Waals surface area contributed by atoms with Crippen molar-refractivity contribution in [2.45, 2.75) is 19.8 Å². The van der Waals surface area contributed by atoms with Gasteiger partial charge in [-0.05, 0) is 12.5 Å². The second kappa shape index (κ2) is 3.52. The topological polar surface area (TPSA) is 98.7 Å². The molecule has 4 N–H and O–H groups in total. The van der Waals surface area contributed by atoms with Crippen molar-refractivity contribution in [1.29, 1.82) is 0 Å². The summed E-state index contributed by atoms with van der Waals surface area (Å²) in [6.07, 6.45) is 1.47. The first-order chi connectivity index (χ1) is 7.56. The number of rotatable bonds is 4. The van der Waals surface area contributed by atoms with Gasteiger partial charge in [0.05, 0.1) is 11.1 Å². The standard InChI is InChI=1S/C11H12N2O3/c1-2-3-5-8(11(13)15)6(10(12)14)4-7-9(5)16-7/h4H,2-3H2,1H3,(H2,12,14)(H2,13,15). The molecular formula is C11H12N2O3. The zero-order chi connectivity index (χ0) is 11.9. The largest absolute Gasteiger partial charge is 0.449 e. The summed E-state index contributed by atoms with van der Waals surface area (Å²) in [4.78, 5) is 22.6. The van der Waals surface area contributed by atoms with Crippen LogP contribution in [0, 0.1) is 0 Å². The molecule has 1 aromatic carbocycles. The molecule has 5 nitrogen and oxygen atoms in total. The second-order valence-electron chi connectivity index (χ2n) is 3.69. The Morgan fingerprint density at radius 2 is 2.00 bits per heavy atom. The van der Waals surface area contributed by atoms with Crippen LogP contribution in [0.25, 0.3) is 0 Å². The molecule has 0 radical (unpaired) electrons. The van der Waals surface area contributed by atoms with Crippen LogP contribution in [0.2, 0.25) is 0 Å². The molecule has 0 saturated heterocycles. The molecular weight excluding hydrogens is 208 g/mol. The molecule has 84 valence electrons. The number of ether oxygens (including phenoxy) is 1. The Hall–Kier alpha value is -2.04. The van der Waals surface area contributed by atoms with E-state index in [1.54, 1.807) is 0 Å². The Labute approximate surface area is 92.4 Å². The summed E-state index contributed by atoms with van der Waals surface area (Å²) in [5.41, 5.74) is 11.5. The van der Waals surface area contributed by atoms with E-state index < -0.39 is 11.8 Å². The maximum Gasteiger partial charge on any atom is 0.249 e. The molecule has 0 saturated carbocycles. The van der Waals surface area contributed by atoms with E-state index in [0.29, 0.717) is 23.5 Å². The smallest absolute Gasteiger partial charge is 0.249 e. The quantitative estimate of drug-likeness (QED) is 0.750. The number of hydrogen-bond acceptors (Lipinski definition) is 3. The van der Waals surface area contributed by atoms with Gasteiger partial charge in [0.1, 0.15) is 0 Å². The van der Waals surface area contributed by atoms with Crippen LogP contribution in [0.3, 0.4) is 0 Å². The number of carbonyl (C=O) groups excluding carboxylic acids is 2. The number of nitrogens with two attached hydrogens (primary N) is 2. The molecule has 1 aliphatic heterocycles. The highest BCUT2D eigenvalue weighted by Gasteiger charge is 2.32. The van der Waals surface area contributed by atoms with Gasteiger partial charge in [-0.1, -0.05) is 13.3 Å². The van der Waals surface area contributed by atoms with Crippen LogP contribution in [0.15, 0.2) is 6.07 Å². The first kappa shape index (κ1) is 10.5. The molecule has 0 atom stereocenters. The first-order valence-electron chi connectivity index (χ1n) is 5.03. The fourth-order valence-electron chi connectivity index (χ4n) is 1.83. The predicted octanol–water partition coefficient (Wildman–Crippen LogP) is 0.943. The Kier molecular flexibility index (Phi) is 2.30. The fraction of sp³-hybridized carbons (Fsp3) is 0.273. The van der Waals surface area contributed by atoms with Crippen LogP contribution < -0.4 is 16.2 Å². The third-order valence-corrected chi connectivity index (χ3v) is 2.53. The van der Waals surface area contributed by atoms with E-state index in [4.69, 9.17) is 16.2 Å². The molecule has 1 aliphatic rings. The molecule has 0 fully saturated rings. The number of primary amides is 2. The van der Waals surface area contributed by atoms with E-state index in [1.165, 1.54) is 6.07 Å². The number of carbonyl (C=O) groups is 2.